The number of allylic oxidation sites excluding steroid dienone is 2. The Morgan fingerprint density at radius 2 is 2.27 bits per heavy atom. The lowest BCUT2D eigenvalue weighted by molar-refractivity contribution is -0.0895. The maximum atomic E-state index is 12.2. The number of alkyl halides is 3. The summed E-state index contributed by atoms with van der Waals surface area (Å²) in [6.07, 6.45) is -0.378. The molecule has 0 saturated carbocycles. The van der Waals surface area contributed by atoms with Crippen LogP contribution >= 0.6 is 0 Å². The molecule has 0 heterocycles. The van der Waals surface area contributed by atoms with E-state index in [2.05, 4.69) is 4.99 Å². The van der Waals surface area contributed by atoms with Crippen molar-refractivity contribution in [3.8, 4) is 0 Å². The van der Waals surface area contributed by atoms with E-state index in [0.717, 1.165) is 18.2 Å². The summed E-state index contributed by atoms with van der Waals surface area (Å²) in [6.45, 7) is 0. The van der Waals surface area contributed by atoms with Crippen molar-refractivity contribution in [3.63, 3.8) is 0 Å². The van der Waals surface area contributed by atoms with Gasteiger partial charge in [-0.2, -0.15) is 18.2 Å². The lowest BCUT2D eigenvalue weighted by Crippen LogP contribution is -2.28. The number of aliphatic imine (C=N–C) groups is 1. The summed E-state index contributed by atoms with van der Waals surface area (Å²) in [5, 5.41) is 0. The quantitative estimate of drug-likeness (QED) is 0.527. The summed E-state index contributed by atoms with van der Waals surface area (Å²) in [5.41, 5.74) is -2.10. The van der Waals surface area contributed by atoms with Gasteiger partial charge in [0.05, 0.1) is 5.57 Å². The molecular formula is C9H8F3NO2. The summed E-state index contributed by atoms with van der Waals surface area (Å²) >= 11 is 0. The summed E-state index contributed by atoms with van der Waals surface area (Å²) < 4.78 is 41.5. The highest BCUT2D eigenvalue weighted by Crippen LogP contribution is 2.33. The maximum Gasteiger partial charge on any atom is 0.416 e. The first-order valence-electron chi connectivity index (χ1n) is 4.04. The van der Waals surface area contributed by atoms with Gasteiger partial charge in [0, 0.05) is 13.5 Å². The number of ether oxygens (including phenoxy) is 1. The van der Waals surface area contributed by atoms with E-state index in [9.17, 15) is 18.0 Å². The van der Waals surface area contributed by atoms with Crippen LogP contribution in [0.1, 0.15) is 6.42 Å². The third kappa shape index (κ3) is 2.55. The van der Waals surface area contributed by atoms with Crippen LogP contribution in [0.2, 0.25) is 0 Å². The topological polar surface area (TPSA) is 38.7 Å². The third-order valence-corrected chi connectivity index (χ3v) is 2.05. The molecule has 0 radical (unpaired) electrons. The highest BCUT2D eigenvalue weighted by molar-refractivity contribution is 5.38. The highest BCUT2D eigenvalue weighted by atomic mass is 19.4. The predicted octanol–water partition coefficient (Wildman–Crippen LogP) is 2.11. The van der Waals surface area contributed by atoms with Gasteiger partial charge in [-0.1, -0.05) is 6.08 Å². The maximum absolute atomic E-state index is 12.2. The Kier molecular flexibility index (Phi) is 3.12. The van der Waals surface area contributed by atoms with Crippen LogP contribution in [-0.2, 0) is 9.53 Å². The molecular weight excluding hydrogens is 211 g/mol. The average Bonchev–Trinajstić information content (AvgIpc) is 2.17. The van der Waals surface area contributed by atoms with E-state index in [1.165, 1.54) is 13.2 Å². The molecule has 6 heteroatoms. The Balaban J connectivity index is 2.91. The van der Waals surface area contributed by atoms with Gasteiger partial charge < -0.3 is 4.74 Å². The zero-order valence-electron chi connectivity index (χ0n) is 7.84. The van der Waals surface area contributed by atoms with E-state index < -0.39 is 17.5 Å². The van der Waals surface area contributed by atoms with Gasteiger partial charge in [0.25, 0.3) is 0 Å². The van der Waals surface area contributed by atoms with Gasteiger partial charge in [-0.3, -0.25) is 0 Å². The van der Waals surface area contributed by atoms with Gasteiger partial charge in [-0.15, -0.1) is 0 Å². The van der Waals surface area contributed by atoms with Crippen molar-refractivity contribution in [2.75, 3.05) is 7.11 Å². The summed E-state index contributed by atoms with van der Waals surface area (Å²) in [4.78, 5) is 13.4. The van der Waals surface area contributed by atoms with Crippen LogP contribution in [0.4, 0.5) is 13.2 Å². The van der Waals surface area contributed by atoms with E-state index in [4.69, 9.17) is 4.74 Å². The van der Waals surface area contributed by atoms with Crippen LogP contribution in [0, 0.1) is 0 Å². The molecule has 0 aromatic rings. The highest BCUT2D eigenvalue weighted by Gasteiger charge is 2.36. The minimum atomic E-state index is -4.39. The van der Waals surface area contributed by atoms with Crippen LogP contribution in [0.3, 0.4) is 0 Å². The number of carbonyl (C=O) groups excluding carboxylic acids is 1. The molecule has 82 valence electrons. The fraction of sp³-hybridized carbons (Fsp3) is 0.444. The largest absolute Gasteiger partial charge is 0.416 e. The molecule has 1 atom stereocenters. The number of hydrogen-bond acceptors (Lipinski definition) is 3. The zero-order chi connectivity index (χ0) is 11.5. The molecule has 1 aliphatic carbocycles. The van der Waals surface area contributed by atoms with Crippen LogP contribution in [0.5, 0.6) is 0 Å². The zero-order valence-corrected chi connectivity index (χ0v) is 7.84. The Bertz CT molecular complexity index is 353. The van der Waals surface area contributed by atoms with Gasteiger partial charge in [0.15, 0.2) is 5.72 Å². The van der Waals surface area contributed by atoms with E-state index in [-0.39, 0.29) is 6.42 Å². The van der Waals surface area contributed by atoms with Crippen molar-refractivity contribution in [2.24, 2.45) is 4.99 Å². The van der Waals surface area contributed by atoms with E-state index in [1.807, 2.05) is 0 Å². The standard InChI is InChI=1S/C9H8F3NO2/c1-15-8(13-6-14)4-2-7(3-5-8)9(10,11)12/h2-4H,5H2,1H3. The van der Waals surface area contributed by atoms with E-state index in [1.54, 1.807) is 0 Å². The molecule has 1 rings (SSSR count). The predicted molar refractivity (Wildman–Crippen MR) is 45.8 cm³/mol. The Morgan fingerprint density at radius 3 is 2.60 bits per heavy atom. The number of hydrogen-bond donors (Lipinski definition) is 0. The molecule has 15 heavy (non-hydrogen) atoms. The van der Waals surface area contributed by atoms with Gasteiger partial charge in [0.2, 0.25) is 6.08 Å². The number of nitrogens with zero attached hydrogens (tertiary/aromatic N) is 1. The molecule has 3 nitrogen and oxygen atoms in total. The molecule has 0 bridgehead atoms. The Morgan fingerprint density at radius 1 is 1.60 bits per heavy atom. The fourth-order valence-corrected chi connectivity index (χ4v) is 1.18. The van der Waals surface area contributed by atoms with Crippen molar-refractivity contribution in [3.05, 3.63) is 23.8 Å². The van der Waals surface area contributed by atoms with Gasteiger partial charge >= 0.3 is 6.18 Å². The van der Waals surface area contributed by atoms with Crippen LogP contribution in [-0.4, -0.2) is 25.1 Å². The van der Waals surface area contributed by atoms with Crippen molar-refractivity contribution >= 4 is 6.08 Å². The third-order valence-electron chi connectivity index (χ3n) is 2.05. The number of isocyanates is 1. The minimum Gasteiger partial charge on any atom is -0.352 e. The van der Waals surface area contributed by atoms with Crippen LogP contribution in [0.25, 0.3) is 0 Å². The van der Waals surface area contributed by atoms with Crippen molar-refractivity contribution in [1.82, 2.24) is 0 Å². The minimum absolute atomic E-state index is 0.135. The first-order chi connectivity index (χ1) is 6.93. The van der Waals surface area contributed by atoms with E-state index >= 15 is 0 Å². The normalized spacial score (nSPS) is 25.7. The molecule has 1 unspecified atom stereocenters. The molecule has 0 fully saturated rings. The van der Waals surface area contributed by atoms with Crippen LogP contribution in [0.15, 0.2) is 28.8 Å². The lowest BCUT2D eigenvalue weighted by atomic mass is 10.00. The first kappa shape index (κ1) is 11.7. The molecule has 0 saturated heterocycles. The molecule has 0 spiro atoms. The fourth-order valence-electron chi connectivity index (χ4n) is 1.18. The Hall–Kier alpha value is -1.39. The van der Waals surface area contributed by atoms with E-state index in [0.29, 0.717) is 0 Å². The number of rotatable bonds is 2. The Labute approximate surface area is 83.9 Å². The second-order valence-corrected chi connectivity index (χ2v) is 2.95. The summed E-state index contributed by atoms with van der Waals surface area (Å²) in [6, 6.07) is 0. The van der Waals surface area contributed by atoms with Gasteiger partial charge in [0.1, 0.15) is 0 Å². The molecule has 0 aliphatic heterocycles. The smallest absolute Gasteiger partial charge is 0.352 e. The first-order valence-corrected chi connectivity index (χ1v) is 4.04. The second kappa shape index (κ2) is 4.00. The SMILES string of the molecule is COC1(N=C=O)C=CC(C(F)(F)F)=CC1. The van der Waals surface area contributed by atoms with Crippen molar-refractivity contribution in [1.29, 1.82) is 0 Å². The number of methoxy groups -OCH3 is 1. The molecule has 0 aromatic heterocycles. The lowest BCUT2D eigenvalue weighted by Gasteiger charge is -2.25. The second-order valence-electron chi connectivity index (χ2n) is 2.95. The molecule has 0 amide bonds. The molecule has 0 N–H and O–H groups in total. The van der Waals surface area contributed by atoms with Crippen LogP contribution < -0.4 is 0 Å². The summed E-state index contributed by atoms with van der Waals surface area (Å²) in [5.74, 6) is 0. The van der Waals surface area contributed by atoms with Gasteiger partial charge in [-0.25, -0.2) is 4.79 Å². The number of halogens is 3. The van der Waals surface area contributed by atoms with Gasteiger partial charge in [-0.05, 0) is 12.2 Å². The molecule has 1 aliphatic rings. The summed E-state index contributed by atoms with van der Waals surface area (Å²) in [7, 11) is 1.26. The molecule has 0 aromatic carbocycles. The monoisotopic (exact) mass is 219 g/mol. The van der Waals surface area contributed by atoms with Crippen molar-refractivity contribution in [2.45, 2.75) is 18.3 Å². The van der Waals surface area contributed by atoms with Crippen molar-refractivity contribution < 1.29 is 22.7 Å². The average molecular weight is 219 g/mol.